The third-order valence-corrected chi connectivity index (χ3v) is 14.5. The molecule has 0 spiro atoms. The fraction of sp³-hybridized carbons (Fsp3) is 0.298. The Morgan fingerprint density at radius 3 is 1.50 bits per heavy atom. The van der Waals surface area contributed by atoms with Crippen molar-refractivity contribution in [3.63, 3.8) is 0 Å². The summed E-state index contributed by atoms with van der Waals surface area (Å²) >= 11 is 1.97. The van der Waals surface area contributed by atoms with E-state index in [1.807, 2.05) is 11.3 Å². The Kier molecular flexibility index (Phi) is 13.5. The first kappa shape index (κ1) is 41.6. The van der Waals surface area contributed by atoms with Crippen LogP contribution in [0.1, 0.15) is 108 Å². The highest BCUT2D eigenvalue weighted by molar-refractivity contribution is 7.29. The number of benzene rings is 6. The molecule has 1 aliphatic rings. The van der Waals surface area contributed by atoms with E-state index in [0.717, 1.165) is 11.4 Å². The van der Waals surface area contributed by atoms with Crippen LogP contribution in [0.2, 0.25) is 6.82 Å². The number of aryl methyl sites for hydroxylation is 1. The Bertz CT molecular complexity index is 2380. The molecule has 1 nitrogen and oxygen atoms in total. The first-order valence-electron chi connectivity index (χ1n) is 23.0. The van der Waals surface area contributed by atoms with Gasteiger partial charge in [0.15, 0.2) is 0 Å². The van der Waals surface area contributed by atoms with Gasteiger partial charge in [-0.25, -0.2) is 0 Å². The first-order valence-corrected chi connectivity index (χ1v) is 23.8. The summed E-state index contributed by atoms with van der Waals surface area (Å²) < 4.78 is 1.41. The second kappa shape index (κ2) is 19.5. The van der Waals surface area contributed by atoms with Crippen LogP contribution < -0.4 is 15.1 Å². The lowest BCUT2D eigenvalue weighted by molar-refractivity contribution is 0.399. The van der Waals surface area contributed by atoms with E-state index in [-0.39, 0.29) is 12.1 Å². The van der Waals surface area contributed by atoms with Gasteiger partial charge in [-0.1, -0.05) is 229 Å². The van der Waals surface area contributed by atoms with E-state index in [2.05, 4.69) is 190 Å². The minimum absolute atomic E-state index is 0.0420. The van der Waals surface area contributed by atoms with Crippen LogP contribution in [0.25, 0.3) is 33.4 Å². The smallest absolute Gasteiger partial charge is 0.220 e. The van der Waals surface area contributed by atoms with Gasteiger partial charge in [0.1, 0.15) is 5.00 Å². The average molecular weight is 804 g/mol. The maximum absolute atomic E-state index is 2.68. The Hall–Kier alpha value is -5.12. The van der Waals surface area contributed by atoms with Crippen LogP contribution in [-0.4, -0.2) is 6.71 Å². The summed E-state index contributed by atoms with van der Waals surface area (Å²) in [6.07, 6.45) is 15.6. The van der Waals surface area contributed by atoms with Crippen molar-refractivity contribution < 1.29 is 0 Å². The highest BCUT2D eigenvalue weighted by Gasteiger charge is 2.43. The van der Waals surface area contributed by atoms with Gasteiger partial charge in [-0.2, -0.15) is 0 Å². The Labute approximate surface area is 365 Å². The molecule has 0 saturated heterocycles. The maximum Gasteiger partial charge on any atom is 0.220 e. The van der Waals surface area contributed by atoms with E-state index in [1.165, 1.54) is 131 Å². The SMILES string of the molecule is CCCCCCCC1(CCCCCCC)c2cc(C)ccc2-c2ccc(B(C)c3sc(N(c4ccccc4)c4ccccc4)c(-c4ccccc4)c3-c3ccccc3)cc21. The number of para-hydroxylation sites is 2. The number of hydrogen-bond acceptors (Lipinski definition) is 2. The number of nitrogens with zero attached hydrogens (tertiary/aromatic N) is 1. The van der Waals surface area contributed by atoms with Crippen molar-refractivity contribution in [2.45, 2.75) is 110 Å². The number of hydrogen-bond donors (Lipinski definition) is 0. The second-order valence-corrected chi connectivity index (χ2v) is 18.3. The zero-order valence-corrected chi connectivity index (χ0v) is 37.2. The summed E-state index contributed by atoms with van der Waals surface area (Å²) in [5.74, 6) is 0. The molecule has 8 rings (SSSR count). The summed E-state index contributed by atoms with van der Waals surface area (Å²) in [5.41, 5.74) is 16.4. The monoisotopic (exact) mass is 803 g/mol. The van der Waals surface area contributed by atoms with Gasteiger partial charge >= 0.3 is 0 Å². The topological polar surface area (TPSA) is 3.24 Å². The first-order chi connectivity index (χ1) is 29.5. The molecule has 6 aromatic carbocycles. The van der Waals surface area contributed by atoms with Crippen LogP contribution in [0, 0.1) is 6.92 Å². The quantitative estimate of drug-likeness (QED) is 0.0581. The molecule has 0 amide bonds. The van der Waals surface area contributed by atoms with Gasteiger partial charge in [-0.05, 0) is 87.8 Å². The van der Waals surface area contributed by atoms with Crippen LogP contribution in [0.4, 0.5) is 16.4 Å². The predicted molar refractivity (Wildman–Crippen MR) is 265 cm³/mol. The normalized spacial score (nSPS) is 12.6. The van der Waals surface area contributed by atoms with Gasteiger partial charge in [-0.15, -0.1) is 11.3 Å². The van der Waals surface area contributed by atoms with Crippen molar-refractivity contribution in [1.29, 1.82) is 0 Å². The Morgan fingerprint density at radius 1 is 0.500 bits per heavy atom. The lowest BCUT2D eigenvalue weighted by Gasteiger charge is -2.33. The van der Waals surface area contributed by atoms with Crippen LogP contribution in [0.5, 0.6) is 0 Å². The molecule has 304 valence electrons. The number of anilines is 3. The van der Waals surface area contributed by atoms with Gasteiger partial charge in [0.05, 0.1) is 0 Å². The van der Waals surface area contributed by atoms with Crippen molar-refractivity contribution in [3.8, 4) is 33.4 Å². The molecular weight excluding hydrogens is 742 g/mol. The number of fused-ring (bicyclic) bond motifs is 3. The zero-order chi connectivity index (χ0) is 41.3. The van der Waals surface area contributed by atoms with E-state index in [0.29, 0.717) is 0 Å². The van der Waals surface area contributed by atoms with Gasteiger partial charge in [0, 0.05) is 22.4 Å². The minimum Gasteiger partial charge on any atom is -0.301 e. The molecule has 3 heteroatoms. The van der Waals surface area contributed by atoms with E-state index in [9.17, 15) is 0 Å². The molecular formula is C57H62BNS. The number of rotatable bonds is 19. The number of unbranched alkanes of at least 4 members (excludes halogenated alkanes) is 8. The van der Waals surface area contributed by atoms with Crippen molar-refractivity contribution in [2.24, 2.45) is 0 Å². The van der Waals surface area contributed by atoms with Crippen LogP contribution in [0.15, 0.2) is 158 Å². The summed E-state index contributed by atoms with van der Waals surface area (Å²) in [5, 5.41) is 1.25. The van der Waals surface area contributed by atoms with Gasteiger partial charge in [0.25, 0.3) is 0 Å². The summed E-state index contributed by atoms with van der Waals surface area (Å²) in [6, 6.07) is 59.1. The number of thiophene rings is 1. The molecule has 0 radical (unpaired) electrons. The van der Waals surface area contributed by atoms with E-state index in [4.69, 9.17) is 0 Å². The fourth-order valence-corrected chi connectivity index (χ4v) is 11.4. The summed E-state index contributed by atoms with van der Waals surface area (Å²) in [7, 11) is 0. The predicted octanol–water partition coefficient (Wildman–Crippen LogP) is 16.1. The molecule has 0 aliphatic heterocycles. The molecule has 0 atom stereocenters. The molecule has 0 unspecified atom stereocenters. The molecule has 0 fully saturated rings. The Morgan fingerprint density at radius 2 is 0.967 bits per heavy atom. The van der Waals surface area contributed by atoms with E-state index >= 15 is 0 Å². The van der Waals surface area contributed by atoms with Crippen LogP contribution >= 0.6 is 11.3 Å². The van der Waals surface area contributed by atoms with Crippen molar-refractivity contribution in [3.05, 3.63) is 174 Å². The largest absolute Gasteiger partial charge is 0.301 e. The highest BCUT2D eigenvalue weighted by atomic mass is 32.1. The lowest BCUT2D eigenvalue weighted by atomic mass is 9.44. The molecule has 1 aliphatic carbocycles. The third-order valence-electron chi connectivity index (χ3n) is 13.1. The third kappa shape index (κ3) is 8.57. The zero-order valence-electron chi connectivity index (χ0n) is 36.4. The standard InChI is InChI=1S/C57H62BNS/c1-5-7-9-11-25-39-57(40-26-12-10-8-6-2)51-41-43(3)35-37-49(51)50-38-36-46(42-52(50)57)58(4)55-53(44-27-17-13-18-28-44)54(45-29-19-14-20-30-45)56(60-55)59(47-31-21-15-22-32-47)48-33-23-16-24-34-48/h13-24,27-38,41-42H,5-12,25-26,39-40H2,1-4H3. The lowest BCUT2D eigenvalue weighted by Crippen LogP contribution is -2.39. The fourth-order valence-electron chi connectivity index (χ4n) is 9.97. The highest BCUT2D eigenvalue weighted by Crippen LogP contribution is 2.55. The molecule has 1 aromatic heterocycles. The van der Waals surface area contributed by atoms with Crippen LogP contribution in [-0.2, 0) is 5.41 Å². The molecule has 7 aromatic rings. The summed E-state index contributed by atoms with van der Waals surface area (Å²) in [4.78, 5) is 2.49. The van der Waals surface area contributed by atoms with Gasteiger partial charge < -0.3 is 4.90 Å². The molecule has 0 N–H and O–H groups in total. The average Bonchev–Trinajstić information content (AvgIpc) is 3.81. The second-order valence-electron chi connectivity index (χ2n) is 17.2. The van der Waals surface area contributed by atoms with Crippen molar-refractivity contribution in [1.82, 2.24) is 0 Å². The summed E-state index contributed by atoms with van der Waals surface area (Å²) in [6.45, 7) is 9.59. The van der Waals surface area contributed by atoms with Crippen molar-refractivity contribution >= 4 is 44.7 Å². The Balaban J connectivity index is 1.32. The molecule has 1 heterocycles. The van der Waals surface area contributed by atoms with Crippen LogP contribution in [0.3, 0.4) is 0 Å². The molecule has 0 bridgehead atoms. The van der Waals surface area contributed by atoms with Gasteiger partial charge in [-0.3, -0.25) is 0 Å². The molecule has 0 saturated carbocycles. The van der Waals surface area contributed by atoms with E-state index < -0.39 is 0 Å². The minimum atomic E-state index is 0.0420. The molecule has 60 heavy (non-hydrogen) atoms. The van der Waals surface area contributed by atoms with Crippen molar-refractivity contribution in [2.75, 3.05) is 4.90 Å². The van der Waals surface area contributed by atoms with E-state index in [1.54, 1.807) is 11.1 Å². The van der Waals surface area contributed by atoms with Gasteiger partial charge in [0.2, 0.25) is 6.71 Å². The maximum atomic E-state index is 2.68.